The first kappa shape index (κ1) is 22.7. The molecule has 10 nitrogen and oxygen atoms in total. The van der Waals surface area contributed by atoms with Gasteiger partial charge < -0.3 is 10.6 Å². The maximum atomic E-state index is 15.7. The Kier molecular flexibility index (Phi) is 5.18. The number of aromatic nitrogens is 6. The molecule has 1 saturated carbocycles. The van der Waals surface area contributed by atoms with Gasteiger partial charge in [0.05, 0.1) is 6.20 Å². The largest absolute Gasteiger partial charge is 0.355 e. The number of halogens is 2. The number of hydrogen-bond acceptors (Lipinski definition) is 6. The molecule has 1 aromatic carbocycles. The summed E-state index contributed by atoms with van der Waals surface area (Å²) < 4.78 is 33.8. The molecule has 186 valence electrons. The topological polar surface area (TPSA) is 119 Å². The number of rotatable bonds is 6. The van der Waals surface area contributed by atoms with Crippen molar-refractivity contribution in [3.8, 4) is 11.1 Å². The van der Waals surface area contributed by atoms with Crippen LogP contribution in [0.25, 0.3) is 22.4 Å². The van der Waals surface area contributed by atoms with E-state index >= 15 is 8.78 Å². The highest BCUT2D eigenvalue weighted by atomic mass is 19.3. The van der Waals surface area contributed by atoms with Crippen molar-refractivity contribution in [3.05, 3.63) is 78.0 Å². The van der Waals surface area contributed by atoms with Gasteiger partial charge >= 0.3 is 5.92 Å². The van der Waals surface area contributed by atoms with Crippen LogP contribution in [0.3, 0.4) is 0 Å². The van der Waals surface area contributed by atoms with Gasteiger partial charge in [-0.3, -0.25) is 14.0 Å². The van der Waals surface area contributed by atoms with E-state index in [1.54, 1.807) is 43.4 Å². The highest BCUT2D eigenvalue weighted by Gasteiger charge is 2.41. The van der Waals surface area contributed by atoms with Gasteiger partial charge in [0, 0.05) is 24.7 Å². The first-order chi connectivity index (χ1) is 17.8. The predicted molar refractivity (Wildman–Crippen MR) is 129 cm³/mol. The molecule has 5 aromatic rings. The average Bonchev–Trinajstić information content (AvgIpc) is 3.55. The number of pyridine rings is 1. The number of anilines is 1. The minimum Gasteiger partial charge on any atom is -0.355 e. The molecule has 12 heteroatoms. The zero-order valence-electron chi connectivity index (χ0n) is 19.5. The Bertz CT molecular complexity index is 1670. The van der Waals surface area contributed by atoms with Crippen molar-refractivity contribution >= 4 is 28.9 Å². The number of carbonyl (C=O) groups is 2. The maximum Gasteiger partial charge on any atom is 0.350 e. The van der Waals surface area contributed by atoms with Crippen LogP contribution in [-0.2, 0) is 10.7 Å². The quantitative estimate of drug-likeness (QED) is 0.368. The molecule has 0 unspecified atom stereocenters. The van der Waals surface area contributed by atoms with E-state index in [4.69, 9.17) is 0 Å². The Balaban J connectivity index is 1.34. The fourth-order valence-electron chi connectivity index (χ4n) is 4.03. The standard InChI is InChI=1S/C25H20F2N8O2/c1-28-22(36)15-4-2-14(3-5-15)17-8-10-21-31-32-24(34(21)12-17)25(26,27)18-9-11-20-29-19(13-35(20)33-18)30-23(37)16-6-7-16/h2-5,8-13,16H,6-7H2,1H3,(H,28,36)(H,30,37). The second-order valence-corrected chi connectivity index (χ2v) is 8.81. The summed E-state index contributed by atoms with van der Waals surface area (Å²) in [6, 6.07) is 12.7. The fraction of sp³-hybridized carbons (Fsp3) is 0.200. The maximum absolute atomic E-state index is 15.7. The van der Waals surface area contributed by atoms with Crippen LogP contribution >= 0.6 is 0 Å². The van der Waals surface area contributed by atoms with Crippen LogP contribution in [0.15, 0.2) is 60.9 Å². The molecule has 0 aliphatic heterocycles. The zero-order chi connectivity index (χ0) is 25.7. The van der Waals surface area contributed by atoms with Gasteiger partial charge in [-0.1, -0.05) is 12.1 Å². The lowest BCUT2D eigenvalue weighted by atomic mass is 10.1. The Morgan fingerprint density at radius 2 is 1.68 bits per heavy atom. The average molecular weight is 502 g/mol. The molecule has 2 amide bonds. The highest BCUT2D eigenvalue weighted by molar-refractivity contribution is 5.94. The van der Waals surface area contributed by atoms with Crippen molar-refractivity contribution in [2.75, 3.05) is 12.4 Å². The Morgan fingerprint density at radius 3 is 2.41 bits per heavy atom. The van der Waals surface area contributed by atoms with Crippen molar-refractivity contribution in [2.45, 2.75) is 18.8 Å². The molecule has 1 aliphatic rings. The summed E-state index contributed by atoms with van der Waals surface area (Å²) in [4.78, 5) is 28.0. The van der Waals surface area contributed by atoms with Gasteiger partial charge in [-0.05, 0) is 60.4 Å². The zero-order valence-corrected chi connectivity index (χ0v) is 19.5. The van der Waals surface area contributed by atoms with E-state index in [-0.39, 0.29) is 29.2 Å². The predicted octanol–water partition coefficient (Wildman–Crippen LogP) is 3.29. The van der Waals surface area contributed by atoms with Gasteiger partial charge in [0.1, 0.15) is 5.69 Å². The molecular formula is C25H20F2N8O2. The van der Waals surface area contributed by atoms with Gasteiger partial charge in [-0.25, -0.2) is 9.50 Å². The number of imidazole rings is 1. The van der Waals surface area contributed by atoms with Crippen LogP contribution in [0.2, 0.25) is 0 Å². The first-order valence-corrected chi connectivity index (χ1v) is 11.6. The van der Waals surface area contributed by atoms with E-state index in [1.165, 1.54) is 33.4 Å². The van der Waals surface area contributed by atoms with Gasteiger partial charge in [-0.2, -0.15) is 13.9 Å². The number of carbonyl (C=O) groups excluding carboxylic acids is 2. The molecule has 0 atom stereocenters. The molecule has 4 aromatic heterocycles. The van der Waals surface area contributed by atoms with Crippen LogP contribution in [0, 0.1) is 5.92 Å². The van der Waals surface area contributed by atoms with E-state index in [1.807, 2.05) is 0 Å². The normalized spacial score (nSPS) is 13.7. The molecule has 2 N–H and O–H groups in total. The lowest BCUT2D eigenvalue weighted by molar-refractivity contribution is -0.117. The number of nitrogens with zero attached hydrogens (tertiary/aromatic N) is 6. The Labute approximate surface area is 208 Å². The van der Waals surface area contributed by atoms with Gasteiger partial charge in [0.25, 0.3) is 5.91 Å². The lowest BCUT2D eigenvalue weighted by Crippen LogP contribution is -2.22. The third kappa shape index (κ3) is 4.05. The monoisotopic (exact) mass is 502 g/mol. The van der Waals surface area contributed by atoms with E-state index in [0.717, 1.165) is 18.4 Å². The summed E-state index contributed by atoms with van der Waals surface area (Å²) in [6.45, 7) is 0. The summed E-state index contributed by atoms with van der Waals surface area (Å²) in [5.74, 6) is -4.30. The Hall–Kier alpha value is -4.74. The molecule has 1 aliphatic carbocycles. The minimum atomic E-state index is -3.59. The number of amides is 2. The highest BCUT2D eigenvalue weighted by Crippen LogP contribution is 2.34. The summed E-state index contributed by atoms with van der Waals surface area (Å²) >= 11 is 0. The van der Waals surface area contributed by atoms with E-state index in [9.17, 15) is 9.59 Å². The van der Waals surface area contributed by atoms with Crippen molar-refractivity contribution in [1.82, 2.24) is 34.5 Å². The molecule has 0 bridgehead atoms. The van der Waals surface area contributed by atoms with Gasteiger partial charge in [0.15, 0.2) is 17.1 Å². The lowest BCUT2D eigenvalue weighted by Gasteiger charge is -2.14. The van der Waals surface area contributed by atoms with Crippen molar-refractivity contribution < 1.29 is 18.4 Å². The molecule has 1 fully saturated rings. The number of alkyl halides is 2. The SMILES string of the molecule is CNC(=O)c1ccc(-c2ccc3nnc(C(F)(F)c4ccc5nc(NC(=O)C6CC6)cn5n4)n3c2)cc1. The number of nitrogens with one attached hydrogen (secondary N) is 2. The smallest absolute Gasteiger partial charge is 0.350 e. The van der Waals surface area contributed by atoms with E-state index in [0.29, 0.717) is 16.8 Å². The number of hydrogen-bond donors (Lipinski definition) is 2. The fourth-order valence-corrected chi connectivity index (χ4v) is 4.03. The molecule has 0 spiro atoms. The molecule has 0 saturated heterocycles. The van der Waals surface area contributed by atoms with E-state index < -0.39 is 17.4 Å². The summed E-state index contributed by atoms with van der Waals surface area (Å²) in [7, 11) is 1.54. The van der Waals surface area contributed by atoms with Crippen LogP contribution in [-0.4, -0.2) is 48.1 Å². The summed E-state index contributed by atoms with van der Waals surface area (Å²) in [5.41, 5.74) is 1.87. The van der Waals surface area contributed by atoms with E-state index in [2.05, 4.69) is 30.9 Å². The minimum absolute atomic E-state index is 0.0162. The molecule has 4 heterocycles. The number of fused-ring (bicyclic) bond motifs is 2. The van der Waals surface area contributed by atoms with Gasteiger partial charge in [-0.15, -0.1) is 10.2 Å². The molecular weight excluding hydrogens is 482 g/mol. The van der Waals surface area contributed by atoms with Crippen molar-refractivity contribution in [1.29, 1.82) is 0 Å². The summed E-state index contributed by atoms with van der Waals surface area (Å²) in [6.07, 6.45) is 4.60. The summed E-state index contributed by atoms with van der Waals surface area (Å²) in [5, 5.41) is 17.0. The van der Waals surface area contributed by atoms with Crippen LogP contribution in [0.4, 0.5) is 14.6 Å². The second-order valence-electron chi connectivity index (χ2n) is 8.81. The van der Waals surface area contributed by atoms with Crippen LogP contribution < -0.4 is 10.6 Å². The van der Waals surface area contributed by atoms with Gasteiger partial charge in [0.2, 0.25) is 11.7 Å². The molecule has 0 radical (unpaired) electrons. The third-order valence-corrected chi connectivity index (χ3v) is 6.23. The molecule has 6 rings (SSSR count). The third-order valence-electron chi connectivity index (χ3n) is 6.23. The van der Waals surface area contributed by atoms with Crippen molar-refractivity contribution in [2.24, 2.45) is 5.92 Å². The second kappa shape index (κ2) is 8.43. The van der Waals surface area contributed by atoms with Crippen LogP contribution in [0.1, 0.15) is 34.7 Å². The van der Waals surface area contributed by atoms with Crippen LogP contribution in [0.5, 0.6) is 0 Å². The first-order valence-electron chi connectivity index (χ1n) is 11.6. The molecule has 37 heavy (non-hydrogen) atoms. The Morgan fingerprint density at radius 1 is 0.946 bits per heavy atom. The van der Waals surface area contributed by atoms with Crippen molar-refractivity contribution in [3.63, 3.8) is 0 Å². The number of benzene rings is 1.